The second-order valence-electron chi connectivity index (χ2n) is 2.95. The number of halogens is 1. The maximum atomic E-state index is 12.5. The highest BCUT2D eigenvalue weighted by atomic mass is 19.1. The summed E-state index contributed by atoms with van der Waals surface area (Å²) in [6, 6.07) is 4.67. The van der Waals surface area contributed by atoms with Gasteiger partial charge in [-0.2, -0.15) is 0 Å². The molecule has 0 aliphatic rings. The summed E-state index contributed by atoms with van der Waals surface area (Å²) in [4.78, 5) is 0. The van der Waals surface area contributed by atoms with Gasteiger partial charge in [-0.15, -0.1) is 0 Å². The summed E-state index contributed by atoms with van der Waals surface area (Å²) < 4.78 is 12.5. The summed E-state index contributed by atoms with van der Waals surface area (Å²) in [5.74, 6) is -0.241. The molecular formula is C13H24FN. The summed E-state index contributed by atoms with van der Waals surface area (Å²) in [5, 5.41) is 0. The number of nitrogen functional groups attached to an aromatic ring is 1. The molecule has 1 nitrogen and oxygen atoms in total. The fourth-order valence-corrected chi connectivity index (χ4v) is 0.624. The van der Waals surface area contributed by atoms with Crippen LogP contribution >= 0.6 is 0 Å². The predicted octanol–water partition coefficient (Wildman–Crippen LogP) is 4.55. The fourth-order valence-electron chi connectivity index (χ4n) is 0.624. The normalized spacial score (nSPS) is 8.13. The Morgan fingerprint density at radius 3 is 1.87 bits per heavy atom. The van der Waals surface area contributed by atoms with Crippen LogP contribution < -0.4 is 5.73 Å². The van der Waals surface area contributed by atoms with Gasteiger partial charge in [0, 0.05) is 11.3 Å². The molecule has 0 atom stereocenters. The molecule has 0 saturated carbocycles. The van der Waals surface area contributed by atoms with Gasteiger partial charge in [-0.1, -0.05) is 46.6 Å². The highest BCUT2D eigenvalue weighted by Crippen LogP contribution is 2.12. The summed E-state index contributed by atoms with van der Waals surface area (Å²) in [7, 11) is 0. The van der Waals surface area contributed by atoms with Crippen molar-refractivity contribution in [1.29, 1.82) is 0 Å². The lowest BCUT2D eigenvalue weighted by Crippen LogP contribution is -1.90. The van der Waals surface area contributed by atoms with Crippen molar-refractivity contribution in [3.05, 3.63) is 29.6 Å². The number of benzene rings is 1. The molecule has 0 spiro atoms. The van der Waals surface area contributed by atoms with Crippen LogP contribution in [0, 0.1) is 12.7 Å². The molecule has 2 heteroatoms. The van der Waals surface area contributed by atoms with Gasteiger partial charge in [0.1, 0.15) is 5.82 Å². The zero-order valence-corrected chi connectivity index (χ0v) is 10.6. The molecule has 1 aromatic rings. The van der Waals surface area contributed by atoms with Crippen molar-refractivity contribution in [3.8, 4) is 0 Å². The summed E-state index contributed by atoms with van der Waals surface area (Å²) >= 11 is 0. The monoisotopic (exact) mass is 213 g/mol. The Morgan fingerprint density at radius 1 is 1.13 bits per heavy atom. The van der Waals surface area contributed by atoms with E-state index in [9.17, 15) is 4.39 Å². The summed E-state index contributed by atoms with van der Waals surface area (Å²) in [5.41, 5.74) is 6.42. The Bertz CT molecular complexity index is 224. The molecule has 0 bridgehead atoms. The summed E-state index contributed by atoms with van der Waals surface area (Å²) in [6.45, 7) is 10.0. The average molecular weight is 213 g/mol. The molecule has 1 aromatic carbocycles. The Labute approximate surface area is 93.5 Å². The first-order chi connectivity index (χ1) is 7.13. The van der Waals surface area contributed by atoms with Crippen molar-refractivity contribution in [3.63, 3.8) is 0 Å². The lowest BCUT2D eigenvalue weighted by molar-refractivity contribution is 0.619. The van der Waals surface area contributed by atoms with Gasteiger partial charge in [0.2, 0.25) is 0 Å². The zero-order chi connectivity index (χ0) is 12.3. The Morgan fingerprint density at radius 2 is 1.60 bits per heavy atom. The van der Waals surface area contributed by atoms with Gasteiger partial charge in [0.15, 0.2) is 0 Å². The first-order valence-corrected chi connectivity index (χ1v) is 5.64. The van der Waals surface area contributed by atoms with Crippen molar-refractivity contribution in [2.45, 2.75) is 47.5 Å². The molecule has 0 saturated heterocycles. The van der Waals surface area contributed by atoms with Crippen molar-refractivity contribution >= 4 is 5.69 Å². The standard InChI is InChI=1S/C7H8FN.C4H10.C2H6/c1-5-6(8)3-2-4-7(5)9;1-3-4-2;1-2/h2-4H,9H2,1H3;3-4H2,1-2H3;1-2H3. The van der Waals surface area contributed by atoms with E-state index >= 15 is 0 Å². The molecule has 15 heavy (non-hydrogen) atoms. The van der Waals surface area contributed by atoms with E-state index in [-0.39, 0.29) is 5.82 Å². The number of hydrogen-bond donors (Lipinski definition) is 1. The van der Waals surface area contributed by atoms with E-state index in [1.54, 1.807) is 19.1 Å². The molecular weight excluding hydrogens is 189 g/mol. The largest absolute Gasteiger partial charge is 0.398 e. The van der Waals surface area contributed by atoms with Gasteiger partial charge >= 0.3 is 0 Å². The highest BCUT2D eigenvalue weighted by Gasteiger charge is 1.96. The van der Waals surface area contributed by atoms with E-state index in [4.69, 9.17) is 5.73 Å². The van der Waals surface area contributed by atoms with Crippen LogP contribution in [0.1, 0.15) is 46.1 Å². The SMILES string of the molecule is CC.CCCC.Cc1c(N)cccc1F. The maximum absolute atomic E-state index is 12.5. The first kappa shape index (κ1) is 16.4. The van der Waals surface area contributed by atoms with Gasteiger partial charge in [0.05, 0.1) is 0 Å². The van der Waals surface area contributed by atoms with E-state index in [0.717, 1.165) is 0 Å². The van der Waals surface area contributed by atoms with Crippen molar-refractivity contribution in [2.75, 3.05) is 5.73 Å². The van der Waals surface area contributed by atoms with E-state index in [2.05, 4.69) is 13.8 Å². The van der Waals surface area contributed by atoms with Crippen LogP contribution in [0.2, 0.25) is 0 Å². The maximum Gasteiger partial charge on any atom is 0.128 e. The molecule has 88 valence electrons. The summed E-state index contributed by atoms with van der Waals surface area (Å²) in [6.07, 6.45) is 2.64. The molecule has 0 heterocycles. The highest BCUT2D eigenvalue weighted by molar-refractivity contribution is 5.45. The fraction of sp³-hybridized carbons (Fsp3) is 0.538. The lowest BCUT2D eigenvalue weighted by Gasteiger charge is -1.97. The molecule has 0 aliphatic heterocycles. The third-order valence-corrected chi connectivity index (χ3v) is 1.81. The number of unbranched alkanes of at least 4 members (excludes halogenated alkanes) is 1. The van der Waals surface area contributed by atoms with Crippen molar-refractivity contribution in [1.82, 2.24) is 0 Å². The van der Waals surface area contributed by atoms with E-state index in [1.165, 1.54) is 18.9 Å². The van der Waals surface area contributed by atoms with E-state index < -0.39 is 0 Å². The molecule has 0 aromatic heterocycles. The minimum Gasteiger partial charge on any atom is -0.398 e. The predicted molar refractivity (Wildman–Crippen MR) is 67.5 cm³/mol. The second kappa shape index (κ2) is 11.0. The topological polar surface area (TPSA) is 26.0 Å². The molecule has 0 radical (unpaired) electrons. The third-order valence-electron chi connectivity index (χ3n) is 1.81. The van der Waals surface area contributed by atoms with Crippen LogP contribution in [0.3, 0.4) is 0 Å². The minimum absolute atomic E-state index is 0.241. The van der Waals surface area contributed by atoms with Gasteiger partial charge in [-0.05, 0) is 19.1 Å². The van der Waals surface area contributed by atoms with E-state index in [1.807, 2.05) is 13.8 Å². The van der Waals surface area contributed by atoms with Crippen molar-refractivity contribution in [2.24, 2.45) is 0 Å². The Hall–Kier alpha value is -1.05. The smallest absolute Gasteiger partial charge is 0.128 e. The third kappa shape index (κ3) is 7.98. The molecule has 2 N–H and O–H groups in total. The van der Waals surface area contributed by atoms with Crippen molar-refractivity contribution < 1.29 is 4.39 Å². The molecule has 0 amide bonds. The van der Waals surface area contributed by atoms with Crippen LogP contribution in [-0.4, -0.2) is 0 Å². The number of nitrogens with two attached hydrogens (primary N) is 1. The van der Waals surface area contributed by atoms with E-state index in [0.29, 0.717) is 11.3 Å². The lowest BCUT2D eigenvalue weighted by atomic mass is 10.2. The quantitative estimate of drug-likeness (QED) is 0.680. The minimum atomic E-state index is -0.241. The number of anilines is 1. The number of hydrogen-bond acceptors (Lipinski definition) is 1. The Kier molecular flexibility index (Phi) is 12.0. The van der Waals surface area contributed by atoms with Crippen LogP contribution in [-0.2, 0) is 0 Å². The van der Waals surface area contributed by atoms with Gasteiger partial charge in [-0.3, -0.25) is 0 Å². The van der Waals surface area contributed by atoms with Gasteiger partial charge in [0.25, 0.3) is 0 Å². The molecule has 1 rings (SSSR count). The van der Waals surface area contributed by atoms with Gasteiger partial charge in [-0.25, -0.2) is 4.39 Å². The zero-order valence-electron chi connectivity index (χ0n) is 10.6. The van der Waals surface area contributed by atoms with Gasteiger partial charge < -0.3 is 5.73 Å². The number of rotatable bonds is 1. The average Bonchev–Trinajstić information content (AvgIpc) is 2.29. The molecule has 0 aliphatic carbocycles. The second-order valence-corrected chi connectivity index (χ2v) is 2.95. The van der Waals surface area contributed by atoms with Crippen LogP contribution in [0.4, 0.5) is 10.1 Å². The molecule has 0 unspecified atom stereocenters. The van der Waals surface area contributed by atoms with Crippen LogP contribution in [0.15, 0.2) is 18.2 Å². The van der Waals surface area contributed by atoms with Crippen LogP contribution in [0.5, 0.6) is 0 Å². The van der Waals surface area contributed by atoms with Crippen LogP contribution in [0.25, 0.3) is 0 Å². The Balaban J connectivity index is 0. The first-order valence-electron chi connectivity index (χ1n) is 5.64. The molecule has 0 fully saturated rings.